The van der Waals surface area contributed by atoms with Gasteiger partial charge >= 0.3 is 6.18 Å². The highest BCUT2D eigenvalue weighted by Crippen LogP contribution is 2.45. The van der Waals surface area contributed by atoms with Crippen LogP contribution in [0.1, 0.15) is 12.6 Å². The minimum Gasteiger partial charge on any atom is -0.507 e. The molecule has 2 aromatic carbocycles. The summed E-state index contributed by atoms with van der Waals surface area (Å²) in [5, 5.41) is 16.4. The fraction of sp³-hybridized carbons (Fsp3) is 0.227. The van der Waals surface area contributed by atoms with Crippen LogP contribution in [0.3, 0.4) is 0 Å². The average Bonchev–Trinajstić information content (AvgIpc) is 3.17. The lowest BCUT2D eigenvalue weighted by molar-refractivity contribution is -0.140. The number of aromatic amines is 1. The Morgan fingerprint density at radius 2 is 1.81 bits per heavy atom. The molecule has 3 rings (SSSR count). The first-order valence-electron chi connectivity index (χ1n) is 9.14. The third-order valence-corrected chi connectivity index (χ3v) is 4.43. The number of methoxy groups -OCH3 is 2. The van der Waals surface area contributed by atoms with Gasteiger partial charge in [-0.05, 0) is 42.3 Å². The van der Waals surface area contributed by atoms with Gasteiger partial charge in [-0.15, -0.1) is 0 Å². The van der Waals surface area contributed by atoms with Crippen LogP contribution in [-0.4, -0.2) is 36.1 Å². The van der Waals surface area contributed by atoms with Crippen LogP contribution in [0, 0.1) is 0 Å². The monoisotopic (exact) mass is 434 g/mol. The lowest BCUT2D eigenvalue weighted by atomic mass is 9.97. The van der Waals surface area contributed by atoms with E-state index in [4.69, 9.17) is 14.2 Å². The molecule has 0 saturated carbocycles. The van der Waals surface area contributed by atoms with E-state index in [1.807, 2.05) is 0 Å². The molecule has 0 aliphatic carbocycles. The van der Waals surface area contributed by atoms with Gasteiger partial charge in [0.1, 0.15) is 29.5 Å². The summed E-state index contributed by atoms with van der Waals surface area (Å²) in [6.45, 7) is 5.76. The van der Waals surface area contributed by atoms with Crippen molar-refractivity contribution >= 4 is 0 Å². The van der Waals surface area contributed by atoms with E-state index < -0.39 is 11.9 Å². The fourth-order valence-electron chi connectivity index (χ4n) is 3.02. The van der Waals surface area contributed by atoms with Crippen LogP contribution in [0.25, 0.3) is 22.4 Å². The number of aromatic hydroxyl groups is 1. The molecule has 0 aliphatic rings. The van der Waals surface area contributed by atoms with Crippen molar-refractivity contribution in [3.05, 3.63) is 54.2 Å². The number of hydrogen-bond acceptors (Lipinski definition) is 5. The van der Waals surface area contributed by atoms with E-state index in [0.717, 1.165) is 5.57 Å². The molecule has 0 atom stereocenters. The normalized spacial score (nSPS) is 11.3. The minimum absolute atomic E-state index is 0.0662. The Morgan fingerprint density at radius 3 is 2.39 bits per heavy atom. The zero-order valence-corrected chi connectivity index (χ0v) is 17.1. The summed E-state index contributed by atoms with van der Waals surface area (Å²) in [5.41, 5.74) is -0.254. The number of alkyl halides is 3. The molecule has 9 heteroatoms. The molecule has 0 unspecified atom stereocenters. The minimum atomic E-state index is -4.70. The third kappa shape index (κ3) is 4.60. The van der Waals surface area contributed by atoms with Gasteiger partial charge in [0.15, 0.2) is 11.5 Å². The van der Waals surface area contributed by atoms with E-state index >= 15 is 0 Å². The van der Waals surface area contributed by atoms with Crippen molar-refractivity contribution in [2.24, 2.45) is 0 Å². The number of phenolic OH excluding ortho intramolecular Hbond substituents is 1. The second kappa shape index (κ2) is 8.63. The summed E-state index contributed by atoms with van der Waals surface area (Å²) in [5.74, 6) is 0.699. The molecule has 0 radical (unpaired) electrons. The quantitative estimate of drug-likeness (QED) is 0.484. The van der Waals surface area contributed by atoms with Crippen molar-refractivity contribution < 1.29 is 32.5 Å². The number of H-pyrrole nitrogens is 1. The number of hydrogen-bond donors (Lipinski definition) is 2. The van der Waals surface area contributed by atoms with Crippen molar-refractivity contribution in [1.82, 2.24) is 10.2 Å². The number of halogens is 3. The number of benzene rings is 2. The van der Waals surface area contributed by atoms with Crippen molar-refractivity contribution in [2.75, 3.05) is 20.8 Å². The van der Waals surface area contributed by atoms with Crippen molar-refractivity contribution in [1.29, 1.82) is 0 Å². The highest BCUT2D eigenvalue weighted by Gasteiger charge is 2.38. The summed E-state index contributed by atoms with van der Waals surface area (Å²) in [6.07, 6.45) is -4.70. The van der Waals surface area contributed by atoms with Gasteiger partial charge in [-0.3, -0.25) is 5.10 Å². The Morgan fingerprint density at radius 1 is 1.10 bits per heavy atom. The van der Waals surface area contributed by atoms with Gasteiger partial charge in [0.05, 0.1) is 14.2 Å². The van der Waals surface area contributed by atoms with E-state index in [9.17, 15) is 18.3 Å². The molecule has 0 spiro atoms. The second-order valence-electron chi connectivity index (χ2n) is 6.81. The van der Waals surface area contributed by atoms with Gasteiger partial charge in [-0.2, -0.15) is 18.3 Å². The number of nitrogens with zero attached hydrogens (tertiary/aromatic N) is 1. The Bertz CT molecular complexity index is 1110. The smallest absolute Gasteiger partial charge is 0.433 e. The first kappa shape index (κ1) is 22.1. The maximum atomic E-state index is 13.7. The SMILES string of the molecule is C=C(C)COc1ccc(-c2n[nH]c(C(F)(F)F)c2-c2ccc(OC)c(OC)c2)c(O)c1. The zero-order chi connectivity index (χ0) is 22.8. The number of phenols is 1. The molecular weight excluding hydrogens is 413 g/mol. The maximum Gasteiger partial charge on any atom is 0.433 e. The highest BCUT2D eigenvalue weighted by atomic mass is 19.4. The molecule has 2 N–H and O–H groups in total. The van der Waals surface area contributed by atoms with Crippen molar-refractivity contribution in [3.8, 4) is 45.4 Å². The molecule has 6 nitrogen and oxygen atoms in total. The van der Waals surface area contributed by atoms with Crippen LogP contribution < -0.4 is 14.2 Å². The number of nitrogens with one attached hydrogen (secondary N) is 1. The largest absolute Gasteiger partial charge is 0.507 e. The molecule has 0 aliphatic heterocycles. The molecule has 164 valence electrons. The molecule has 1 heterocycles. The second-order valence-corrected chi connectivity index (χ2v) is 6.81. The van der Waals surface area contributed by atoms with Gasteiger partial charge < -0.3 is 19.3 Å². The molecule has 3 aromatic rings. The summed E-state index contributed by atoms with van der Waals surface area (Å²) in [7, 11) is 2.82. The van der Waals surface area contributed by atoms with E-state index in [-0.39, 0.29) is 40.5 Å². The first-order chi connectivity index (χ1) is 14.7. The first-order valence-corrected chi connectivity index (χ1v) is 9.14. The van der Waals surface area contributed by atoms with Gasteiger partial charge in [-0.25, -0.2) is 0 Å². The van der Waals surface area contributed by atoms with Gasteiger partial charge in [0.25, 0.3) is 0 Å². The van der Waals surface area contributed by atoms with Crippen LogP contribution in [0.5, 0.6) is 23.0 Å². The Balaban J connectivity index is 2.15. The topological polar surface area (TPSA) is 76.6 Å². The van der Waals surface area contributed by atoms with E-state index in [1.54, 1.807) is 13.0 Å². The number of ether oxygens (including phenoxy) is 3. The predicted molar refractivity (Wildman–Crippen MR) is 110 cm³/mol. The Hall–Kier alpha value is -3.62. The van der Waals surface area contributed by atoms with E-state index in [0.29, 0.717) is 11.5 Å². The molecule has 0 fully saturated rings. The lowest BCUT2D eigenvalue weighted by Gasteiger charge is -2.13. The van der Waals surface area contributed by atoms with Crippen molar-refractivity contribution in [2.45, 2.75) is 13.1 Å². The molecule has 31 heavy (non-hydrogen) atoms. The standard InChI is InChI=1S/C22H21F3N2O4/c1-12(2)11-31-14-6-7-15(16(28)10-14)20-19(21(27-26-20)22(23,24)25)13-5-8-17(29-3)18(9-13)30-4/h5-10,28H,1,11H2,2-4H3,(H,26,27). The summed E-state index contributed by atoms with van der Waals surface area (Å²) < 4.78 is 57.0. The van der Waals surface area contributed by atoms with E-state index in [1.165, 1.54) is 44.6 Å². The third-order valence-electron chi connectivity index (χ3n) is 4.43. The average molecular weight is 434 g/mol. The molecule has 0 saturated heterocycles. The van der Waals surface area contributed by atoms with E-state index in [2.05, 4.69) is 16.8 Å². The zero-order valence-electron chi connectivity index (χ0n) is 17.1. The summed E-state index contributed by atoms with van der Waals surface area (Å²) in [6, 6.07) is 8.69. The van der Waals surface area contributed by atoms with Crippen LogP contribution in [0.15, 0.2) is 48.6 Å². The van der Waals surface area contributed by atoms with Crippen LogP contribution in [-0.2, 0) is 6.18 Å². The molecule has 0 amide bonds. The fourth-order valence-corrected chi connectivity index (χ4v) is 3.02. The van der Waals surface area contributed by atoms with Gasteiger partial charge in [0.2, 0.25) is 0 Å². The molecule has 0 bridgehead atoms. The number of aromatic nitrogens is 2. The Labute approximate surface area is 176 Å². The summed E-state index contributed by atoms with van der Waals surface area (Å²) in [4.78, 5) is 0. The number of rotatable bonds is 7. The van der Waals surface area contributed by atoms with Crippen LogP contribution in [0.2, 0.25) is 0 Å². The molecule has 1 aromatic heterocycles. The van der Waals surface area contributed by atoms with Crippen LogP contribution in [0.4, 0.5) is 13.2 Å². The van der Waals surface area contributed by atoms with Crippen LogP contribution >= 0.6 is 0 Å². The highest BCUT2D eigenvalue weighted by molar-refractivity contribution is 5.86. The molecular formula is C22H21F3N2O4. The Kier molecular flexibility index (Phi) is 6.14. The van der Waals surface area contributed by atoms with Crippen molar-refractivity contribution in [3.63, 3.8) is 0 Å². The lowest BCUT2D eigenvalue weighted by Crippen LogP contribution is -2.07. The van der Waals surface area contributed by atoms with Gasteiger partial charge in [0, 0.05) is 17.2 Å². The predicted octanol–water partition coefficient (Wildman–Crippen LogP) is 5.44. The maximum absolute atomic E-state index is 13.7. The van der Waals surface area contributed by atoms with Gasteiger partial charge in [-0.1, -0.05) is 12.6 Å². The summed E-state index contributed by atoms with van der Waals surface area (Å²) >= 11 is 0.